The predicted molar refractivity (Wildman–Crippen MR) is 101 cm³/mol. The molecule has 0 unspecified atom stereocenters. The average molecular weight is 362 g/mol. The Kier molecular flexibility index (Phi) is 4.66. The van der Waals surface area contributed by atoms with E-state index in [9.17, 15) is 0 Å². The van der Waals surface area contributed by atoms with Crippen LogP contribution in [0.15, 0.2) is 96.3 Å². The van der Waals surface area contributed by atoms with E-state index in [1.807, 2.05) is 36.4 Å². The largest absolute Gasteiger partial charge is 0.530 e. The monoisotopic (exact) mass is 362 g/mol. The van der Waals surface area contributed by atoms with Crippen molar-refractivity contribution in [1.82, 2.24) is 9.97 Å². The van der Waals surface area contributed by atoms with Gasteiger partial charge in [-0.25, -0.2) is 0 Å². The molecule has 0 bridgehead atoms. The maximum Gasteiger partial charge on any atom is 0.346 e. The number of pyridine rings is 2. The zero-order valence-corrected chi connectivity index (χ0v) is 15.1. The first kappa shape index (κ1) is 16.4. The third kappa shape index (κ3) is 3.06. The molecule has 6 heteroatoms. The molecule has 2 aliphatic heterocycles. The molecule has 5 nitrogen and oxygen atoms in total. The second kappa shape index (κ2) is 7.41. The van der Waals surface area contributed by atoms with Crippen molar-refractivity contribution < 1.29 is 13.9 Å². The summed E-state index contributed by atoms with van der Waals surface area (Å²) in [5.41, 5.74) is 0. The van der Waals surface area contributed by atoms with Crippen molar-refractivity contribution in [2.45, 2.75) is 0 Å². The summed E-state index contributed by atoms with van der Waals surface area (Å²) in [5, 5.41) is 3.37. The van der Waals surface area contributed by atoms with Crippen LogP contribution in [0.25, 0.3) is 0 Å². The fraction of sp³-hybridized carbons (Fsp3) is 0.100. The van der Waals surface area contributed by atoms with Crippen molar-refractivity contribution >= 4 is 13.5 Å². The van der Waals surface area contributed by atoms with Crippen molar-refractivity contribution in [3.8, 4) is 5.75 Å². The summed E-state index contributed by atoms with van der Waals surface area (Å²) in [4.78, 5) is 8.29. The number of rotatable bonds is 5. The molecule has 0 spiro atoms. The van der Waals surface area contributed by atoms with Crippen LogP contribution >= 0.6 is 0 Å². The minimum atomic E-state index is -2.79. The average Bonchev–Trinajstić information content (AvgIpc) is 2.75. The summed E-state index contributed by atoms with van der Waals surface area (Å²) in [6.07, 6.45) is 18.8. The Morgan fingerprint density at radius 3 is 1.81 bits per heavy atom. The minimum Gasteiger partial charge on any atom is -0.530 e. The molecule has 0 amide bonds. The first-order valence-electron chi connectivity index (χ1n) is 8.37. The van der Waals surface area contributed by atoms with Crippen molar-refractivity contribution in [1.29, 1.82) is 0 Å². The Labute approximate surface area is 153 Å². The van der Waals surface area contributed by atoms with Gasteiger partial charge in [0.25, 0.3) is 0 Å². The summed E-state index contributed by atoms with van der Waals surface area (Å²) >= 11 is 0. The molecule has 0 aliphatic carbocycles. The van der Waals surface area contributed by atoms with Gasteiger partial charge in [-0.3, -0.25) is 9.97 Å². The third-order valence-corrected chi connectivity index (χ3v) is 8.36. The van der Waals surface area contributed by atoms with Gasteiger partial charge in [0.2, 0.25) is 0 Å². The van der Waals surface area contributed by atoms with Crippen LogP contribution < -0.4 is 9.61 Å². The molecule has 0 aromatic carbocycles. The molecule has 4 rings (SSSR count). The van der Waals surface area contributed by atoms with Crippen LogP contribution in [0.4, 0.5) is 0 Å². The summed E-state index contributed by atoms with van der Waals surface area (Å²) in [6.45, 7) is 1.05. The zero-order valence-electron chi connectivity index (χ0n) is 14.1. The second-order valence-electron chi connectivity index (χ2n) is 5.79. The molecule has 0 saturated carbocycles. The Bertz CT molecular complexity index is 844. The standard InChI is InChI=1S/C20H18N2O3Si/c1-9-21-10-2-17(1)25-26(18-3-11-22-12-4-18,19-5-13-23-14-6-19)20-7-15-24-16-8-20/h1-13,15H,14,16H2. The molecule has 130 valence electrons. The summed E-state index contributed by atoms with van der Waals surface area (Å²) in [5.74, 6) is 0.782. The van der Waals surface area contributed by atoms with E-state index in [4.69, 9.17) is 13.9 Å². The first-order valence-corrected chi connectivity index (χ1v) is 10.3. The highest BCUT2D eigenvalue weighted by atomic mass is 28.4. The van der Waals surface area contributed by atoms with E-state index in [1.165, 1.54) is 0 Å². The Morgan fingerprint density at radius 2 is 1.31 bits per heavy atom. The second-order valence-corrected chi connectivity index (χ2v) is 9.09. The highest BCUT2D eigenvalue weighted by molar-refractivity contribution is 6.99. The van der Waals surface area contributed by atoms with E-state index in [-0.39, 0.29) is 0 Å². The highest BCUT2D eigenvalue weighted by Gasteiger charge is 2.46. The van der Waals surface area contributed by atoms with Gasteiger partial charge in [0.15, 0.2) is 0 Å². The van der Waals surface area contributed by atoms with E-state index in [2.05, 4.69) is 22.1 Å². The SMILES string of the molecule is C1=CC([Si](Oc2ccncc2)(C2=CCOC=C2)c2ccncc2)=CCO1. The molecule has 26 heavy (non-hydrogen) atoms. The van der Waals surface area contributed by atoms with Gasteiger partial charge < -0.3 is 13.9 Å². The van der Waals surface area contributed by atoms with Crippen molar-refractivity contribution in [2.75, 3.05) is 13.2 Å². The molecule has 0 radical (unpaired) electrons. The smallest absolute Gasteiger partial charge is 0.346 e. The van der Waals surface area contributed by atoms with Gasteiger partial charge >= 0.3 is 8.32 Å². The molecular weight excluding hydrogens is 344 g/mol. The third-order valence-electron chi connectivity index (χ3n) is 4.31. The van der Waals surface area contributed by atoms with Crippen LogP contribution in [0.2, 0.25) is 0 Å². The molecule has 2 aromatic rings. The topological polar surface area (TPSA) is 53.5 Å². The van der Waals surface area contributed by atoms with Gasteiger partial charge in [0.05, 0.1) is 12.5 Å². The molecule has 2 aliphatic rings. The highest BCUT2D eigenvalue weighted by Crippen LogP contribution is 2.31. The number of aromatic nitrogens is 2. The van der Waals surface area contributed by atoms with E-state index in [1.54, 1.807) is 37.3 Å². The van der Waals surface area contributed by atoms with Gasteiger partial charge in [-0.2, -0.15) is 0 Å². The van der Waals surface area contributed by atoms with E-state index in [0.29, 0.717) is 13.2 Å². The lowest BCUT2D eigenvalue weighted by molar-refractivity contribution is 0.284. The summed E-state index contributed by atoms with van der Waals surface area (Å²) in [6, 6.07) is 7.83. The maximum absolute atomic E-state index is 6.79. The first-order chi connectivity index (χ1) is 12.9. The fourth-order valence-electron chi connectivity index (χ4n) is 3.13. The Hall–Kier alpha value is -3.12. The van der Waals surface area contributed by atoms with Gasteiger partial charge in [-0.15, -0.1) is 0 Å². The maximum atomic E-state index is 6.79. The molecule has 0 atom stereocenters. The Balaban J connectivity index is 1.93. The number of allylic oxidation sites excluding steroid dienone is 4. The fourth-order valence-corrected chi connectivity index (χ4v) is 6.94. The Morgan fingerprint density at radius 1 is 0.769 bits per heavy atom. The van der Waals surface area contributed by atoms with Crippen molar-refractivity contribution in [3.05, 3.63) is 96.3 Å². The predicted octanol–water partition coefficient (Wildman–Crippen LogP) is 2.73. The quantitative estimate of drug-likeness (QED) is 0.766. The van der Waals surface area contributed by atoms with Crippen LogP contribution in [0.1, 0.15) is 0 Å². The summed E-state index contributed by atoms with van der Waals surface area (Å²) < 4.78 is 17.6. The lowest BCUT2D eigenvalue weighted by Crippen LogP contribution is -2.58. The van der Waals surface area contributed by atoms with Gasteiger partial charge in [-0.1, -0.05) is 0 Å². The molecule has 0 N–H and O–H groups in total. The van der Waals surface area contributed by atoms with E-state index >= 15 is 0 Å². The normalized spacial score (nSPS) is 16.2. The van der Waals surface area contributed by atoms with Crippen LogP contribution in [-0.4, -0.2) is 31.5 Å². The number of hydrogen-bond donors (Lipinski definition) is 0. The number of ether oxygens (including phenoxy) is 2. The van der Waals surface area contributed by atoms with Crippen molar-refractivity contribution in [2.24, 2.45) is 0 Å². The molecule has 0 saturated heterocycles. The number of hydrogen-bond acceptors (Lipinski definition) is 5. The zero-order chi connectivity index (χ0) is 17.7. The van der Waals surface area contributed by atoms with Gasteiger partial charge in [0, 0.05) is 24.8 Å². The van der Waals surface area contributed by atoms with Gasteiger partial charge in [-0.05, 0) is 64.1 Å². The minimum absolute atomic E-state index is 0.527. The lowest BCUT2D eigenvalue weighted by Gasteiger charge is -2.36. The molecule has 0 fully saturated rings. The lowest BCUT2D eigenvalue weighted by atomic mass is 10.4. The number of nitrogens with zero attached hydrogens (tertiary/aromatic N) is 2. The van der Waals surface area contributed by atoms with Crippen LogP contribution in [0, 0.1) is 0 Å². The van der Waals surface area contributed by atoms with Crippen LogP contribution in [0.5, 0.6) is 5.75 Å². The van der Waals surface area contributed by atoms with Crippen molar-refractivity contribution in [3.63, 3.8) is 0 Å². The van der Waals surface area contributed by atoms with Crippen LogP contribution in [-0.2, 0) is 9.47 Å². The molecular formula is C20H18N2O3Si. The molecule has 2 aromatic heterocycles. The van der Waals surface area contributed by atoms with E-state index in [0.717, 1.165) is 21.3 Å². The van der Waals surface area contributed by atoms with Gasteiger partial charge in [0.1, 0.15) is 19.0 Å². The molecule has 4 heterocycles. The van der Waals surface area contributed by atoms with E-state index < -0.39 is 8.32 Å². The summed E-state index contributed by atoms with van der Waals surface area (Å²) in [7, 11) is -2.79. The van der Waals surface area contributed by atoms with Crippen LogP contribution in [0.3, 0.4) is 0 Å².